The largest absolute Gasteiger partial charge is 0.426 e. The van der Waals surface area contributed by atoms with Gasteiger partial charge in [-0.25, -0.2) is 4.39 Å². The highest BCUT2D eigenvalue weighted by atomic mass is 19.1. The van der Waals surface area contributed by atoms with Gasteiger partial charge >= 0.3 is 5.97 Å². The molecule has 0 unspecified atom stereocenters. The first-order chi connectivity index (χ1) is 18.6. The zero-order valence-corrected chi connectivity index (χ0v) is 24.5. The second-order valence-corrected chi connectivity index (χ2v) is 13.3. The lowest BCUT2D eigenvalue weighted by Gasteiger charge is -2.37. The second-order valence-electron chi connectivity index (χ2n) is 13.3. The Hall–Kier alpha value is -1.38. The number of hydrogen-bond acceptors (Lipinski definition) is 2. The number of carbonyl (C=O) groups excluding carboxylic acids is 1. The Morgan fingerprint density at radius 3 is 1.92 bits per heavy atom. The van der Waals surface area contributed by atoms with Crippen molar-refractivity contribution >= 4 is 5.97 Å². The maximum atomic E-state index is 14.8. The first-order valence-corrected chi connectivity index (χ1v) is 16.6. The standard InChI is InChI=1S/C35H55FO2/c1-3-5-6-8-27-13-16-29(17-14-27)30-19-21-32(22-20-30)35(37)38-33-24-23-31(34(36)25-33)18-15-28-11-9-26(7-4-2)10-12-28/h23-30,32H,3-22H2,1-2H3. The van der Waals surface area contributed by atoms with Gasteiger partial charge in [-0.15, -0.1) is 0 Å². The van der Waals surface area contributed by atoms with Crippen LogP contribution in [-0.4, -0.2) is 5.97 Å². The highest BCUT2D eigenvalue weighted by molar-refractivity contribution is 5.75. The molecule has 3 aliphatic carbocycles. The van der Waals surface area contributed by atoms with Crippen LogP contribution in [0.4, 0.5) is 4.39 Å². The molecule has 0 atom stereocenters. The van der Waals surface area contributed by atoms with Crippen LogP contribution in [0.2, 0.25) is 0 Å². The number of hydrogen-bond donors (Lipinski definition) is 0. The van der Waals surface area contributed by atoms with Gasteiger partial charge < -0.3 is 4.74 Å². The van der Waals surface area contributed by atoms with Crippen molar-refractivity contribution < 1.29 is 13.9 Å². The lowest BCUT2D eigenvalue weighted by molar-refractivity contribution is -0.140. The van der Waals surface area contributed by atoms with Gasteiger partial charge in [0.05, 0.1) is 5.92 Å². The summed E-state index contributed by atoms with van der Waals surface area (Å²) in [5, 5.41) is 0. The number of aryl methyl sites for hydroxylation is 1. The number of ether oxygens (including phenoxy) is 1. The molecule has 0 radical (unpaired) electrons. The topological polar surface area (TPSA) is 26.3 Å². The quantitative estimate of drug-likeness (QED) is 0.154. The molecule has 0 saturated heterocycles. The van der Waals surface area contributed by atoms with Crippen LogP contribution >= 0.6 is 0 Å². The summed E-state index contributed by atoms with van der Waals surface area (Å²) in [7, 11) is 0. The van der Waals surface area contributed by atoms with Gasteiger partial charge in [0.25, 0.3) is 0 Å². The van der Waals surface area contributed by atoms with Gasteiger partial charge in [0.2, 0.25) is 0 Å². The van der Waals surface area contributed by atoms with Crippen LogP contribution in [0.25, 0.3) is 0 Å². The predicted molar refractivity (Wildman–Crippen MR) is 156 cm³/mol. The van der Waals surface area contributed by atoms with E-state index in [0.717, 1.165) is 73.7 Å². The molecule has 0 bridgehead atoms. The van der Waals surface area contributed by atoms with Gasteiger partial charge in [-0.2, -0.15) is 0 Å². The molecule has 4 rings (SSSR count). The van der Waals surface area contributed by atoms with E-state index in [9.17, 15) is 9.18 Å². The Balaban J connectivity index is 1.15. The van der Waals surface area contributed by atoms with Crippen molar-refractivity contribution in [2.45, 2.75) is 142 Å². The maximum Gasteiger partial charge on any atom is 0.314 e. The molecule has 2 nitrogen and oxygen atoms in total. The van der Waals surface area contributed by atoms with Crippen LogP contribution in [0.5, 0.6) is 5.75 Å². The van der Waals surface area contributed by atoms with Gasteiger partial charge in [-0.3, -0.25) is 4.79 Å². The van der Waals surface area contributed by atoms with Crippen molar-refractivity contribution in [2.24, 2.45) is 35.5 Å². The smallest absolute Gasteiger partial charge is 0.314 e. The van der Waals surface area contributed by atoms with Gasteiger partial charge in [0, 0.05) is 6.07 Å². The van der Waals surface area contributed by atoms with Gasteiger partial charge in [0.1, 0.15) is 11.6 Å². The van der Waals surface area contributed by atoms with E-state index >= 15 is 0 Å². The van der Waals surface area contributed by atoms with Crippen molar-refractivity contribution in [3.8, 4) is 5.75 Å². The normalized spacial score (nSPS) is 30.2. The van der Waals surface area contributed by atoms with Crippen molar-refractivity contribution in [3.05, 3.63) is 29.6 Å². The molecular formula is C35H55FO2. The maximum absolute atomic E-state index is 14.8. The predicted octanol–water partition coefficient (Wildman–Crippen LogP) is 10.5. The third-order valence-corrected chi connectivity index (χ3v) is 10.6. The number of unbranched alkanes of at least 4 members (excludes halogenated alkanes) is 2. The molecule has 3 aliphatic rings. The Morgan fingerprint density at radius 1 is 0.737 bits per heavy atom. The number of benzene rings is 1. The minimum Gasteiger partial charge on any atom is -0.426 e. The molecule has 1 aromatic rings. The molecule has 3 heteroatoms. The van der Waals surface area contributed by atoms with E-state index in [-0.39, 0.29) is 17.7 Å². The lowest BCUT2D eigenvalue weighted by atomic mass is 9.68. The Morgan fingerprint density at radius 2 is 1.32 bits per heavy atom. The Bertz CT molecular complexity index is 826. The molecule has 0 amide bonds. The molecule has 3 fully saturated rings. The zero-order chi connectivity index (χ0) is 26.7. The van der Waals surface area contributed by atoms with Crippen LogP contribution in [0.1, 0.15) is 141 Å². The SMILES string of the molecule is CCCCCC1CCC(C2CCC(C(=O)Oc3ccc(CCC4CCC(CCC)CC4)c(F)c3)CC2)CC1. The molecule has 38 heavy (non-hydrogen) atoms. The minimum absolute atomic E-state index is 0.0257. The zero-order valence-electron chi connectivity index (χ0n) is 24.5. The van der Waals surface area contributed by atoms with E-state index in [1.165, 1.54) is 96.0 Å². The Labute approximate surface area is 232 Å². The van der Waals surface area contributed by atoms with E-state index in [1.54, 1.807) is 6.07 Å². The molecule has 0 spiro atoms. The molecule has 0 heterocycles. The van der Waals surface area contributed by atoms with E-state index in [1.807, 2.05) is 6.07 Å². The molecule has 0 aromatic heterocycles. The van der Waals surface area contributed by atoms with Crippen molar-refractivity contribution in [3.63, 3.8) is 0 Å². The molecule has 1 aromatic carbocycles. The first kappa shape index (κ1) is 29.6. The van der Waals surface area contributed by atoms with E-state index < -0.39 is 0 Å². The fourth-order valence-electron chi connectivity index (χ4n) is 8.03. The molecule has 3 saturated carbocycles. The van der Waals surface area contributed by atoms with Crippen LogP contribution in [0.15, 0.2) is 18.2 Å². The van der Waals surface area contributed by atoms with Crippen molar-refractivity contribution in [2.75, 3.05) is 0 Å². The van der Waals surface area contributed by atoms with E-state index in [2.05, 4.69) is 13.8 Å². The molecule has 0 N–H and O–H groups in total. The van der Waals surface area contributed by atoms with Gasteiger partial charge in [0.15, 0.2) is 0 Å². The summed E-state index contributed by atoms with van der Waals surface area (Å²) in [6, 6.07) is 5.09. The molecule has 214 valence electrons. The monoisotopic (exact) mass is 526 g/mol. The highest BCUT2D eigenvalue weighted by Crippen LogP contribution is 2.42. The summed E-state index contributed by atoms with van der Waals surface area (Å²) in [5.41, 5.74) is 0.765. The van der Waals surface area contributed by atoms with E-state index in [0.29, 0.717) is 5.75 Å². The van der Waals surface area contributed by atoms with Gasteiger partial charge in [-0.05, 0) is 92.6 Å². The summed E-state index contributed by atoms with van der Waals surface area (Å²) in [4.78, 5) is 12.9. The minimum atomic E-state index is -0.219. The third kappa shape index (κ3) is 8.82. The van der Waals surface area contributed by atoms with Crippen LogP contribution in [0.3, 0.4) is 0 Å². The number of esters is 1. The highest BCUT2D eigenvalue weighted by Gasteiger charge is 2.33. The van der Waals surface area contributed by atoms with E-state index in [4.69, 9.17) is 4.74 Å². The lowest BCUT2D eigenvalue weighted by Crippen LogP contribution is -2.30. The van der Waals surface area contributed by atoms with Crippen LogP contribution in [0, 0.1) is 41.3 Å². The number of halogens is 1. The third-order valence-electron chi connectivity index (χ3n) is 10.6. The fourth-order valence-corrected chi connectivity index (χ4v) is 8.03. The van der Waals surface area contributed by atoms with Crippen molar-refractivity contribution in [1.29, 1.82) is 0 Å². The molecular weight excluding hydrogens is 471 g/mol. The average molecular weight is 527 g/mol. The number of carbonyl (C=O) groups is 1. The summed E-state index contributed by atoms with van der Waals surface area (Å²) >= 11 is 0. The Kier molecular flexibility index (Phi) is 12.0. The molecule has 0 aliphatic heterocycles. The first-order valence-electron chi connectivity index (χ1n) is 16.6. The number of rotatable bonds is 12. The van der Waals surface area contributed by atoms with Crippen LogP contribution in [-0.2, 0) is 11.2 Å². The summed E-state index contributed by atoms with van der Waals surface area (Å²) in [6.07, 6.45) is 25.1. The van der Waals surface area contributed by atoms with Gasteiger partial charge in [-0.1, -0.05) is 97.0 Å². The summed E-state index contributed by atoms with van der Waals surface area (Å²) < 4.78 is 20.5. The fraction of sp³-hybridized carbons (Fsp3) is 0.800. The second kappa shape index (κ2) is 15.4. The van der Waals surface area contributed by atoms with Crippen molar-refractivity contribution in [1.82, 2.24) is 0 Å². The average Bonchev–Trinajstić information content (AvgIpc) is 2.94. The summed E-state index contributed by atoms with van der Waals surface area (Å²) in [5.74, 6) is 4.23. The van der Waals surface area contributed by atoms with Crippen LogP contribution < -0.4 is 4.74 Å². The summed E-state index contributed by atoms with van der Waals surface area (Å²) in [6.45, 7) is 4.57.